The second-order valence-corrected chi connectivity index (χ2v) is 7.23. The molecule has 29 heavy (non-hydrogen) atoms. The van der Waals surface area contributed by atoms with Crippen molar-refractivity contribution in [3.05, 3.63) is 83.6 Å². The van der Waals surface area contributed by atoms with E-state index in [2.05, 4.69) is 41.4 Å². The van der Waals surface area contributed by atoms with Crippen molar-refractivity contribution in [1.29, 1.82) is 0 Å². The summed E-state index contributed by atoms with van der Waals surface area (Å²) in [5.41, 5.74) is 2.40. The number of amides is 1. The summed E-state index contributed by atoms with van der Waals surface area (Å²) in [5.74, 6) is 1.30. The molecule has 1 heterocycles. The van der Waals surface area contributed by atoms with E-state index in [9.17, 15) is 4.79 Å². The summed E-state index contributed by atoms with van der Waals surface area (Å²) < 4.78 is 5.74. The molecule has 0 unspecified atom stereocenters. The third kappa shape index (κ3) is 6.86. The summed E-state index contributed by atoms with van der Waals surface area (Å²) in [6.07, 6.45) is 4.51. The molecule has 0 bridgehead atoms. The van der Waals surface area contributed by atoms with Crippen molar-refractivity contribution in [2.24, 2.45) is 0 Å². The maximum absolute atomic E-state index is 12.8. The van der Waals surface area contributed by atoms with Gasteiger partial charge in [-0.15, -0.1) is 10.2 Å². The number of carbonyl (C=O) groups excluding carboxylic acids is 1. The Hall–Kier alpha value is -2.95. The van der Waals surface area contributed by atoms with Crippen LogP contribution in [0.4, 0.5) is 0 Å². The molecule has 0 radical (unpaired) electrons. The Morgan fingerprint density at radius 3 is 2.14 bits per heavy atom. The molecule has 5 nitrogen and oxygen atoms in total. The summed E-state index contributed by atoms with van der Waals surface area (Å²) in [6, 6.07) is 20.4. The van der Waals surface area contributed by atoms with Crippen LogP contribution in [0.25, 0.3) is 0 Å². The van der Waals surface area contributed by atoms with Gasteiger partial charge in [0.2, 0.25) is 17.7 Å². The third-order valence-electron chi connectivity index (χ3n) is 4.88. The van der Waals surface area contributed by atoms with Crippen LogP contribution in [-0.4, -0.2) is 27.5 Å². The minimum absolute atomic E-state index is 0.131. The summed E-state index contributed by atoms with van der Waals surface area (Å²) in [6.45, 7) is 3.56. The second-order valence-electron chi connectivity index (χ2n) is 7.23. The van der Waals surface area contributed by atoms with Crippen LogP contribution in [0.2, 0.25) is 0 Å². The van der Waals surface area contributed by atoms with Gasteiger partial charge in [0.1, 0.15) is 0 Å². The quantitative estimate of drug-likeness (QED) is 0.479. The van der Waals surface area contributed by atoms with Crippen molar-refractivity contribution in [1.82, 2.24) is 15.1 Å². The van der Waals surface area contributed by atoms with Crippen LogP contribution in [0.15, 0.2) is 65.1 Å². The second kappa shape index (κ2) is 11.1. The fraction of sp³-hybridized carbons (Fsp3) is 0.375. The molecule has 0 aliphatic rings. The number of aromatic nitrogens is 2. The average molecular weight is 392 g/mol. The van der Waals surface area contributed by atoms with E-state index < -0.39 is 0 Å². The predicted octanol–water partition coefficient (Wildman–Crippen LogP) is 4.62. The number of nitrogens with zero attached hydrogens (tertiary/aromatic N) is 3. The molecule has 152 valence electrons. The van der Waals surface area contributed by atoms with Gasteiger partial charge in [-0.25, -0.2) is 0 Å². The van der Waals surface area contributed by atoms with E-state index in [0.717, 1.165) is 31.4 Å². The van der Waals surface area contributed by atoms with Gasteiger partial charge in [-0.1, -0.05) is 74.0 Å². The van der Waals surface area contributed by atoms with Gasteiger partial charge in [0.15, 0.2) is 0 Å². The highest BCUT2D eigenvalue weighted by atomic mass is 16.4. The van der Waals surface area contributed by atoms with Gasteiger partial charge >= 0.3 is 0 Å². The van der Waals surface area contributed by atoms with E-state index in [1.165, 1.54) is 5.56 Å². The van der Waals surface area contributed by atoms with Crippen molar-refractivity contribution in [2.45, 2.75) is 52.0 Å². The van der Waals surface area contributed by atoms with E-state index in [0.29, 0.717) is 37.6 Å². The van der Waals surface area contributed by atoms with E-state index in [1.807, 2.05) is 41.3 Å². The summed E-state index contributed by atoms with van der Waals surface area (Å²) in [5, 5.41) is 8.25. The molecule has 0 N–H and O–H groups in total. The molecule has 0 aliphatic carbocycles. The molecule has 0 saturated carbocycles. The normalized spacial score (nSPS) is 10.8. The van der Waals surface area contributed by atoms with Crippen LogP contribution in [-0.2, 0) is 30.6 Å². The monoisotopic (exact) mass is 391 g/mol. The van der Waals surface area contributed by atoms with Gasteiger partial charge in [0.05, 0.1) is 0 Å². The van der Waals surface area contributed by atoms with Gasteiger partial charge in [-0.3, -0.25) is 4.79 Å². The van der Waals surface area contributed by atoms with Crippen molar-refractivity contribution in [2.75, 3.05) is 6.54 Å². The molecule has 3 rings (SSSR count). The Morgan fingerprint density at radius 2 is 1.48 bits per heavy atom. The van der Waals surface area contributed by atoms with Crippen LogP contribution in [0.3, 0.4) is 0 Å². The number of rotatable bonds is 11. The molecule has 1 amide bonds. The molecular formula is C24H29N3O2. The first kappa shape index (κ1) is 20.8. The molecule has 5 heteroatoms. The van der Waals surface area contributed by atoms with Crippen LogP contribution >= 0.6 is 0 Å². The highest BCUT2D eigenvalue weighted by molar-refractivity contribution is 5.76. The van der Waals surface area contributed by atoms with Crippen molar-refractivity contribution in [3.8, 4) is 0 Å². The number of hydrogen-bond donors (Lipinski definition) is 0. The maximum atomic E-state index is 12.8. The Morgan fingerprint density at radius 1 is 0.862 bits per heavy atom. The number of hydrogen-bond acceptors (Lipinski definition) is 4. The minimum atomic E-state index is 0.131. The highest BCUT2D eigenvalue weighted by Gasteiger charge is 2.15. The van der Waals surface area contributed by atoms with Gasteiger partial charge < -0.3 is 9.32 Å². The first-order chi connectivity index (χ1) is 14.2. The average Bonchev–Trinajstić information content (AvgIpc) is 3.23. The SMILES string of the molecule is CCCCN(Cc1ccccc1)C(=O)CCc1nnc(CCc2ccccc2)o1. The van der Waals surface area contributed by atoms with E-state index >= 15 is 0 Å². The third-order valence-corrected chi connectivity index (χ3v) is 4.88. The number of carbonyl (C=O) groups is 1. The summed E-state index contributed by atoms with van der Waals surface area (Å²) in [7, 11) is 0. The lowest BCUT2D eigenvalue weighted by Gasteiger charge is -2.22. The molecule has 0 aliphatic heterocycles. The zero-order chi connectivity index (χ0) is 20.3. The van der Waals surface area contributed by atoms with Crippen molar-refractivity contribution >= 4 is 5.91 Å². The molecule has 3 aromatic rings. The molecule has 0 spiro atoms. The fourth-order valence-electron chi connectivity index (χ4n) is 3.20. The number of unbranched alkanes of at least 4 members (excludes halogenated alkanes) is 1. The molecule has 0 saturated heterocycles. The summed E-state index contributed by atoms with van der Waals surface area (Å²) >= 11 is 0. The Balaban J connectivity index is 1.50. The molecule has 1 aromatic heterocycles. The number of aryl methyl sites for hydroxylation is 3. The highest BCUT2D eigenvalue weighted by Crippen LogP contribution is 2.11. The fourth-order valence-corrected chi connectivity index (χ4v) is 3.20. The lowest BCUT2D eigenvalue weighted by atomic mass is 10.1. The zero-order valence-electron chi connectivity index (χ0n) is 17.1. The smallest absolute Gasteiger partial charge is 0.223 e. The van der Waals surface area contributed by atoms with Gasteiger partial charge in [-0.2, -0.15) is 0 Å². The largest absolute Gasteiger partial charge is 0.425 e. The molecular weight excluding hydrogens is 362 g/mol. The van der Waals surface area contributed by atoms with Gasteiger partial charge in [0.25, 0.3) is 0 Å². The first-order valence-corrected chi connectivity index (χ1v) is 10.4. The molecule has 2 aromatic carbocycles. The zero-order valence-corrected chi connectivity index (χ0v) is 17.1. The standard InChI is InChI=1S/C24H29N3O2/c1-2-3-18-27(19-21-12-8-5-9-13-21)24(28)17-16-23-26-25-22(29-23)15-14-20-10-6-4-7-11-20/h4-13H,2-3,14-19H2,1H3. The predicted molar refractivity (Wildman–Crippen MR) is 113 cm³/mol. The summed E-state index contributed by atoms with van der Waals surface area (Å²) in [4.78, 5) is 14.7. The van der Waals surface area contributed by atoms with Gasteiger partial charge in [0, 0.05) is 32.4 Å². The van der Waals surface area contributed by atoms with Crippen molar-refractivity contribution < 1.29 is 9.21 Å². The van der Waals surface area contributed by atoms with Gasteiger partial charge in [-0.05, 0) is 24.0 Å². The lowest BCUT2D eigenvalue weighted by Crippen LogP contribution is -2.31. The van der Waals surface area contributed by atoms with Crippen LogP contribution in [0.1, 0.15) is 49.1 Å². The number of benzene rings is 2. The lowest BCUT2D eigenvalue weighted by molar-refractivity contribution is -0.132. The van der Waals surface area contributed by atoms with Crippen LogP contribution in [0.5, 0.6) is 0 Å². The van der Waals surface area contributed by atoms with E-state index in [-0.39, 0.29) is 5.91 Å². The van der Waals surface area contributed by atoms with Crippen LogP contribution < -0.4 is 0 Å². The van der Waals surface area contributed by atoms with Crippen molar-refractivity contribution in [3.63, 3.8) is 0 Å². The molecule has 0 fully saturated rings. The van der Waals surface area contributed by atoms with Crippen LogP contribution in [0, 0.1) is 0 Å². The topological polar surface area (TPSA) is 59.2 Å². The Bertz CT molecular complexity index is 862. The maximum Gasteiger partial charge on any atom is 0.223 e. The minimum Gasteiger partial charge on any atom is -0.425 e. The Kier molecular flexibility index (Phi) is 7.99. The first-order valence-electron chi connectivity index (χ1n) is 10.4. The molecule has 0 atom stereocenters. The van der Waals surface area contributed by atoms with E-state index in [4.69, 9.17) is 4.42 Å². The van der Waals surface area contributed by atoms with E-state index in [1.54, 1.807) is 0 Å². The Labute approximate surface area is 172 Å².